The lowest BCUT2D eigenvalue weighted by Gasteiger charge is -2.28. The summed E-state index contributed by atoms with van der Waals surface area (Å²) in [5, 5.41) is 11.7. The quantitative estimate of drug-likeness (QED) is 0.739. The maximum Gasteiger partial charge on any atom is 0.408 e. The Hall–Kier alpha value is -2.57. The van der Waals surface area contributed by atoms with E-state index in [0.717, 1.165) is 5.56 Å². The summed E-state index contributed by atoms with van der Waals surface area (Å²) >= 11 is 0. The van der Waals surface area contributed by atoms with E-state index in [1.807, 2.05) is 37.3 Å². The number of amides is 2. The Kier molecular flexibility index (Phi) is 8.09. The zero-order chi connectivity index (χ0) is 19.7. The first-order valence-electron chi connectivity index (χ1n) is 8.66. The summed E-state index contributed by atoms with van der Waals surface area (Å²) < 4.78 is 5.21. The van der Waals surface area contributed by atoms with E-state index in [4.69, 9.17) is 9.84 Å². The number of rotatable bonds is 8. The predicted octanol–water partition coefficient (Wildman–Crippen LogP) is 2.79. The second-order valence-corrected chi connectivity index (χ2v) is 7.06. The van der Waals surface area contributed by atoms with Gasteiger partial charge in [-0.05, 0) is 32.8 Å². The van der Waals surface area contributed by atoms with Gasteiger partial charge in [-0.1, -0.05) is 43.7 Å². The van der Waals surface area contributed by atoms with Gasteiger partial charge in [-0.25, -0.2) is 4.79 Å². The van der Waals surface area contributed by atoms with Crippen molar-refractivity contribution in [3.8, 4) is 0 Å². The SMILES string of the molecule is CCCC(NC(=O)OC(C)(C)C)C(=O)N(CC(=O)O)Cc1ccccc1. The van der Waals surface area contributed by atoms with Crippen molar-refractivity contribution in [1.29, 1.82) is 0 Å². The molecule has 1 rings (SSSR count). The molecular formula is C19H28N2O5. The van der Waals surface area contributed by atoms with Gasteiger partial charge < -0.3 is 20.1 Å². The van der Waals surface area contributed by atoms with Gasteiger partial charge in [0.15, 0.2) is 0 Å². The molecule has 0 heterocycles. The van der Waals surface area contributed by atoms with Crippen LogP contribution in [0.25, 0.3) is 0 Å². The maximum absolute atomic E-state index is 12.9. The zero-order valence-electron chi connectivity index (χ0n) is 15.8. The summed E-state index contributed by atoms with van der Waals surface area (Å²) in [5.41, 5.74) is 0.129. The van der Waals surface area contributed by atoms with Crippen molar-refractivity contribution in [2.24, 2.45) is 0 Å². The molecule has 7 nitrogen and oxygen atoms in total. The van der Waals surface area contributed by atoms with Gasteiger partial charge in [0.05, 0.1) is 0 Å². The summed E-state index contributed by atoms with van der Waals surface area (Å²) in [7, 11) is 0. The van der Waals surface area contributed by atoms with Crippen LogP contribution >= 0.6 is 0 Å². The largest absolute Gasteiger partial charge is 0.480 e. The average molecular weight is 364 g/mol. The Labute approximate surface area is 154 Å². The minimum atomic E-state index is -1.11. The number of alkyl carbamates (subject to hydrolysis) is 1. The van der Waals surface area contributed by atoms with Crippen LogP contribution in [0, 0.1) is 0 Å². The lowest BCUT2D eigenvalue weighted by Crippen LogP contribution is -2.50. The highest BCUT2D eigenvalue weighted by atomic mass is 16.6. The molecule has 1 unspecified atom stereocenters. The molecule has 1 aromatic rings. The van der Waals surface area contributed by atoms with Crippen LogP contribution < -0.4 is 5.32 Å². The Balaban J connectivity index is 2.91. The van der Waals surface area contributed by atoms with Crippen LogP contribution in [-0.4, -0.2) is 46.2 Å². The van der Waals surface area contributed by atoms with Crippen molar-refractivity contribution >= 4 is 18.0 Å². The molecule has 0 aliphatic heterocycles. The standard InChI is InChI=1S/C19H28N2O5/c1-5-9-15(20-18(25)26-19(2,3)4)17(24)21(13-16(22)23)12-14-10-7-6-8-11-14/h6-8,10-11,15H,5,9,12-13H2,1-4H3,(H,20,25)(H,22,23). The fraction of sp³-hybridized carbons (Fsp3) is 0.526. The van der Waals surface area contributed by atoms with Crippen molar-refractivity contribution in [3.05, 3.63) is 35.9 Å². The van der Waals surface area contributed by atoms with Crippen molar-refractivity contribution in [3.63, 3.8) is 0 Å². The zero-order valence-corrected chi connectivity index (χ0v) is 15.8. The number of nitrogens with zero attached hydrogens (tertiary/aromatic N) is 1. The molecule has 144 valence electrons. The third-order valence-electron chi connectivity index (χ3n) is 3.42. The van der Waals surface area contributed by atoms with Gasteiger partial charge in [-0.2, -0.15) is 0 Å². The molecule has 0 radical (unpaired) electrons. The van der Waals surface area contributed by atoms with E-state index in [0.29, 0.717) is 12.8 Å². The van der Waals surface area contributed by atoms with Crippen molar-refractivity contribution in [1.82, 2.24) is 10.2 Å². The molecule has 0 bridgehead atoms. The van der Waals surface area contributed by atoms with E-state index >= 15 is 0 Å². The van der Waals surface area contributed by atoms with E-state index in [1.54, 1.807) is 20.8 Å². The van der Waals surface area contributed by atoms with Gasteiger partial charge in [0.1, 0.15) is 18.2 Å². The van der Waals surface area contributed by atoms with Crippen LogP contribution in [0.1, 0.15) is 46.1 Å². The van der Waals surface area contributed by atoms with E-state index in [9.17, 15) is 14.4 Å². The highest BCUT2D eigenvalue weighted by molar-refractivity contribution is 5.88. The molecule has 7 heteroatoms. The molecular weight excluding hydrogens is 336 g/mol. The van der Waals surface area contributed by atoms with Gasteiger partial charge in [0.2, 0.25) is 5.91 Å². The molecule has 0 aliphatic rings. The van der Waals surface area contributed by atoms with Crippen molar-refractivity contribution in [2.45, 2.75) is 58.7 Å². The van der Waals surface area contributed by atoms with E-state index in [-0.39, 0.29) is 6.54 Å². The number of hydrogen-bond donors (Lipinski definition) is 2. The molecule has 2 amide bonds. The first kappa shape index (κ1) is 21.5. The van der Waals surface area contributed by atoms with Gasteiger partial charge >= 0.3 is 12.1 Å². The summed E-state index contributed by atoms with van der Waals surface area (Å²) in [6, 6.07) is 8.29. The lowest BCUT2D eigenvalue weighted by atomic mass is 10.1. The number of nitrogens with one attached hydrogen (secondary N) is 1. The second-order valence-electron chi connectivity index (χ2n) is 7.06. The van der Waals surface area contributed by atoms with Crippen LogP contribution in [0.2, 0.25) is 0 Å². The van der Waals surface area contributed by atoms with Gasteiger partial charge in [0, 0.05) is 6.54 Å². The maximum atomic E-state index is 12.9. The summed E-state index contributed by atoms with van der Waals surface area (Å²) in [6.45, 7) is 6.79. The molecule has 0 saturated heterocycles. The number of hydrogen-bond acceptors (Lipinski definition) is 4. The second kappa shape index (κ2) is 9.79. The summed E-state index contributed by atoms with van der Waals surface area (Å²) in [5.74, 6) is -1.55. The van der Waals surface area contributed by atoms with Crippen LogP contribution in [0.4, 0.5) is 4.79 Å². The molecule has 0 saturated carbocycles. The fourth-order valence-electron chi connectivity index (χ4n) is 2.40. The van der Waals surface area contributed by atoms with Crippen molar-refractivity contribution < 1.29 is 24.2 Å². The van der Waals surface area contributed by atoms with Crippen LogP contribution in [0.3, 0.4) is 0 Å². The smallest absolute Gasteiger partial charge is 0.408 e. The number of carboxylic acid groups (broad SMARTS) is 1. The van der Waals surface area contributed by atoms with Crippen LogP contribution in [0.15, 0.2) is 30.3 Å². The van der Waals surface area contributed by atoms with Crippen LogP contribution in [-0.2, 0) is 20.9 Å². The van der Waals surface area contributed by atoms with E-state index < -0.39 is 36.2 Å². The van der Waals surface area contributed by atoms with Gasteiger partial charge in [-0.15, -0.1) is 0 Å². The third-order valence-corrected chi connectivity index (χ3v) is 3.42. The number of carbonyl (C=O) groups is 3. The molecule has 0 aliphatic carbocycles. The highest BCUT2D eigenvalue weighted by Gasteiger charge is 2.28. The summed E-state index contributed by atoms with van der Waals surface area (Å²) in [4.78, 5) is 37.3. The normalized spacial score (nSPS) is 12.2. The molecule has 2 N–H and O–H groups in total. The first-order chi connectivity index (χ1) is 12.1. The minimum Gasteiger partial charge on any atom is -0.480 e. The monoisotopic (exact) mass is 364 g/mol. The Morgan fingerprint density at radius 3 is 2.31 bits per heavy atom. The lowest BCUT2D eigenvalue weighted by molar-refractivity contribution is -0.145. The summed E-state index contributed by atoms with van der Waals surface area (Å²) in [6.07, 6.45) is 0.348. The Bertz CT molecular complexity index is 610. The number of carbonyl (C=O) groups excluding carboxylic acids is 2. The van der Waals surface area contributed by atoms with E-state index in [1.165, 1.54) is 4.90 Å². The highest BCUT2D eigenvalue weighted by Crippen LogP contribution is 2.11. The average Bonchev–Trinajstić information content (AvgIpc) is 2.52. The number of aliphatic carboxylic acids is 1. The topological polar surface area (TPSA) is 95.9 Å². The minimum absolute atomic E-state index is 0.155. The molecule has 1 atom stereocenters. The number of carboxylic acids is 1. The predicted molar refractivity (Wildman–Crippen MR) is 97.6 cm³/mol. The fourth-order valence-corrected chi connectivity index (χ4v) is 2.40. The van der Waals surface area contributed by atoms with Gasteiger partial charge in [-0.3, -0.25) is 9.59 Å². The number of ether oxygens (including phenoxy) is 1. The Morgan fingerprint density at radius 2 is 1.81 bits per heavy atom. The molecule has 0 spiro atoms. The third kappa shape index (κ3) is 8.00. The van der Waals surface area contributed by atoms with Crippen molar-refractivity contribution in [2.75, 3.05) is 6.54 Å². The van der Waals surface area contributed by atoms with Gasteiger partial charge in [0.25, 0.3) is 0 Å². The van der Waals surface area contributed by atoms with Crippen LogP contribution in [0.5, 0.6) is 0 Å². The molecule has 1 aromatic carbocycles. The molecule has 26 heavy (non-hydrogen) atoms. The molecule has 0 fully saturated rings. The molecule has 0 aromatic heterocycles. The van der Waals surface area contributed by atoms with E-state index in [2.05, 4.69) is 5.32 Å². The first-order valence-corrected chi connectivity index (χ1v) is 8.66. The number of benzene rings is 1. The Morgan fingerprint density at radius 1 is 1.19 bits per heavy atom.